The van der Waals surface area contributed by atoms with Gasteiger partial charge in [0.25, 0.3) is 0 Å². The minimum absolute atomic E-state index is 0.201. The first kappa shape index (κ1) is 14.5. The van der Waals surface area contributed by atoms with Crippen molar-refractivity contribution in [1.82, 2.24) is 0 Å². The second kappa shape index (κ2) is 6.39. The zero-order chi connectivity index (χ0) is 13.6. The molecule has 0 unspecified atom stereocenters. The molecular weight excluding hydrogens is 240 g/mol. The maximum Gasteiger partial charge on any atom is 0.518 e. The Bertz CT molecular complexity index is 422. The van der Waals surface area contributed by atoms with Gasteiger partial charge in [0.05, 0.1) is 19.6 Å². The van der Waals surface area contributed by atoms with Crippen LogP contribution in [0.1, 0.15) is 33.0 Å². The van der Waals surface area contributed by atoms with Crippen LogP contribution in [0.5, 0.6) is 0 Å². The van der Waals surface area contributed by atoms with Crippen LogP contribution in [0.4, 0.5) is 0 Å². The molecule has 0 radical (unpaired) electrons. The molecule has 0 aliphatic carbocycles. The lowest BCUT2D eigenvalue weighted by molar-refractivity contribution is -0.156. The molecule has 0 N–H and O–H groups in total. The Hall–Kier alpha value is -1.56. The van der Waals surface area contributed by atoms with Gasteiger partial charge in [0.1, 0.15) is 17.6 Å². The SMILES string of the molecule is CC(C)(C)OC(=O)CCOCCc1coc(=O)o1. The summed E-state index contributed by atoms with van der Waals surface area (Å²) in [5.41, 5.74) is -0.475. The summed E-state index contributed by atoms with van der Waals surface area (Å²) in [6.45, 7) is 6.06. The molecule has 0 aliphatic heterocycles. The molecule has 6 nitrogen and oxygen atoms in total. The molecule has 0 saturated carbocycles. The Morgan fingerprint density at radius 1 is 1.33 bits per heavy atom. The van der Waals surface area contributed by atoms with E-state index in [0.717, 1.165) is 0 Å². The first-order valence-electron chi connectivity index (χ1n) is 5.74. The van der Waals surface area contributed by atoms with Crippen molar-refractivity contribution in [3.63, 3.8) is 0 Å². The predicted molar refractivity (Wildman–Crippen MR) is 62.2 cm³/mol. The molecule has 0 saturated heterocycles. The topological polar surface area (TPSA) is 78.9 Å². The number of hydrogen-bond donors (Lipinski definition) is 0. The fourth-order valence-corrected chi connectivity index (χ4v) is 1.20. The average molecular weight is 258 g/mol. The van der Waals surface area contributed by atoms with Gasteiger partial charge in [0.2, 0.25) is 0 Å². The molecule has 0 fully saturated rings. The van der Waals surface area contributed by atoms with Crippen LogP contribution in [0.25, 0.3) is 0 Å². The van der Waals surface area contributed by atoms with E-state index in [1.807, 2.05) is 20.8 Å². The molecule has 0 bridgehead atoms. The van der Waals surface area contributed by atoms with E-state index in [-0.39, 0.29) is 19.0 Å². The van der Waals surface area contributed by atoms with Gasteiger partial charge in [-0.25, -0.2) is 4.79 Å². The third-order valence-corrected chi connectivity index (χ3v) is 1.86. The fourth-order valence-electron chi connectivity index (χ4n) is 1.20. The Morgan fingerprint density at radius 3 is 2.61 bits per heavy atom. The summed E-state index contributed by atoms with van der Waals surface area (Å²) in [6, 6.07) is 0. The molecule has 0 aromatic carbocycles. The van der Waals surface area contributed by atoms with Crippen LogP contribution in [-0.4, -0.2) is 24.8 Å². The van der Waals surface area contributed by atoms with Crippen molar-refractivity contribution in [2.24, 2.45) is 0 Å². The number of hydrogen-bond acceptors (Lipinski definition) is 6. The van der Waals surface area contributed by atoms with E-state index in [9.17, 15) is 9.59 Å². The van der Waals surface area contributed by atoms with Crippen LogP contribution in [-0.2, 0) is 20.7 Å². The Labute approximate surface area is 105 Å². The van der Waals surface area contributed by atoms with Crippen LogP contribution in [0.15, 0.2) is 19.9 Å². The summed E-state index contributed by atoms with van der Waals surface area (Å²) in [5.74, 6) is -0.589. The van der Waals surface area contributed by atoms with E-state index in [1.54, 1.807) is 0 Å². The lowest BCUT2D eigenvalue weighted by Crippen LogP contribution is -2.24. The predicted octanol–water partition coefficient (Wildman–Crippen LogP) is 1.52. The van der Waals surface area contributed by atoms with Crippen molar-refractivity contribution in [1.29, 1.82) is 0 Å². The van der Waals surface area contributed by atoms with Crippen LogP contribution in [0, 0.1) is 0 Å². The van der Waals surface area contributed by atoms with Gasteiger partial charge >= 0.3 is 11.8 Å². The van der Waals surface area contributed by atoms with Crippen LogP contribution in [0.3, 0.4) is 0 Å². The largest absolute Gasteiger partial charge is 0.518 e. The molecule has 0 aliphatic rings. The van der Waals surface area contributed by atoms with Gasteiger partial charge in [0.15, 0.2) is 0 Å². The molecule has 1 aromatic rings. The van der Waals surface area contributed by atoms with Crippen LogP contribution < -0.4 is 5.82 Å². The Balaban J connectivity index is 2.08. The average Bonchev–Trinajstić information content (AvgIpc) is 2.61. The summed E-state index contributed by atoms with van der Waals surface area (Å²) in [4.78, 5) is 21.9. The summed E-state index contributed by atoms with van der Waals surface area (Å²) < 4.78 is 19.5. The van der Waals surface area contributed by atoms with Crippen molar-refractivity contribution in [3.05, 3.63) is 22.6 Å². The number of carbonyl (C=O) groups is 1. The van der Waals surface area contributed by atoms with E-state index in [1.165, 1.54) is 6.26 Å². The zero-order valence-electron chi connectivity index (χ0n) is 10.9. The molecule has 0 spiro atoms. The lowest BCUT2D eigenvalue weighted by atomic mass is 10.2. The monoisotopic (exact) mass is 258 g/mol. The maximum atomic E-state index is 11.3. The van der Waals surface area contributed by atoms with Crippen LogP contribution in [0.2, 0.25) is 0 Å². The molecule has 1 rings (SSSR count). The third-order valence-electron chi connectivity index (χ3n) is 1.86. The van der Waals surface area contributed by atoms with Gasteiger partial charge in [-0.3, -0.25) is 4.79 Å². The normalized spacial score (nSPS) is 11.5. The number of ether oxygens (including phenoxy) is 2. The lowest BCUT2D eigenvalue weighted by Gasteiger charge is -2.19. The second-order valence-electron chi connectivity index (χ2n) is 4.75. The highest BCUT2D eigenvalue weighted by Gasteiger charge is 2.15. The van der Waals surface area contributed by atoms with E-state index >= 15 is 0 Å². The highest BCUT2D eigenvalue weighted by molar-refractivity contribution is 5.69. The van der Waals surface area contributed by atoms with E-state index in [2.05, 4.69) is 8.83 Å². The van der Waals surface area contributed by atoms with Crippen LogP contribution >= 0.6 is 0 Å². The van der Waals surface area contributed by atoms with Crippen molar-refractivity contribution >= 4 is 5.97 Å². The highest BCUT2D eigenvalue weighted by atomic mass is 16.6. The van der Waals surface area contributed by atoms with Crippen molar-refractivity contribution in [2.45, 2.75) is 39.2 Å². The summed E-state index contributed by atoms with van der Waals surface area (Å²) in [5, 5.41) is 0. The van der Waals surface area contributed by atoms with Gasteiger partial charge in [-0.1, -0.05) is 0 Å². The van der Waals surface area contributed by atoms with Gasteiger partial charge in [0, 0.05) is 6.42 Å². The van der Waals surface area contributed by atoms with Gasteiger partial charge < -0.3 is 18.3 Å². The minimum atomic E-state index is -0.723. The van der Waals surface area contributed by atoms with E-state index < -0.39 is 11.4 Å². The zero-order valence-corrected chi connectivity index (χ0v) is 10.9. The molecule has 102 valence electrons. The molecule has 18 heavy (non-hydrogen) atoms. The van der Waals surface area contributed by atoms with Gasteiger partial charge in [-0.2, -0.15) is 0 Å². The summed E-state index contributed by atoms with van der Waals surface area (Å²) in [6.07, 6.45) is 1.88. The third kappa shape index (κ3) is 6.24. The fraction of sp³-hybridized carbons (Fsp3) is 0.667. The second-order valence-corrected chi connectivity index (χ2v) is 4.75. The van der Waals surface area contributed by atoms with Crippen molar-refractivity contribution in [2.75, 3.05) is 13.2 Å². The number of rotatable bonds is 6. The Morgan fingerprint density at radius 2 is 2.06 bits per heavy atom. The smallest absolute Gasteiger partial charge is 0.460 e. The molecule has 0 atom stereocenters. The first-order chi connectivity index (χ1) is 8.37. The molecule has 6 heteroatoms. The number of esters is 1. The first-order valence-corrected chi connectivity index (χ1v) is 5.74. The summed E-state index contributed by atoms with van der Waals surface area (Å²) in [7, 11) is 0. The standard InChI is InChI=1S/C12H18O6/c1-12(2,3)18-10(13)5-7-15-6-4-9-8-16-11(14)17-9/h8H,4-7H2,1-3H3. The molecular formula is C12H18O6. The Kier molecular flexibility index (Phi) is 5.15. The maximum absolute atomic E-state index is 11.3. The highest BCUT2D eigenvalue weighted by Crippen LogP contribution is 2.08. The minimum Gasteiger partial charge on any atom is -0.460 e. The summed E-state index contributed by atoms with van der Waals surface area (Å²) >= 11 is 0. The van der Waals surface area contributed by atoms with Crippen molar-refractivity contribution < 1.29 is 23.1 Å². The quantitative estimate of drug-likeness (QED) is 0.568. The molecule has 1 aromatic heterocycles. The van der Waals surface area contributed by atoms with E-state index in [0.29, 0.717) is 18.8 Å². The molecule has 1 heterocycles. The van der Waals surface area contributed by atoms with Gasteiger partial charge in [-0.05, 0) is 20.8 Å². The van der Waals surface area contributed by atoms with Crippen molar-refractivity contribution in [3.8, 4) is 0 Å². The molecule has 0 amide bonds. The number of carbonyl (C=O) groups excluding carboxylic acids is 1. The van der Waals surface area contributed by atoms with Gasteiger partial charge in [-0.15, -0.1) is 0 Å². The van der Waals surface area contributed by atoms with E-state index in [4.69, 9.17) is 9.47 Å².